The molecule has 2 rings (SSSR count). The van der Waals surface area contributed by atoms with Crippen LogP contribution in [0.1, 0.15) is 45.4 Å². The van der Waals surface area contributed by atoms with Gasteiger partial charge in [0.05, 0.1) is 6.04 Å². The first-order chi connectivity index (χ1) is 7.77. The first kappa shape index (κ1) is 11.7. The molecule has 1 aliphatic carbocycles. The number of amidine groups is 1. The maximum atomic E-state index is 8.84. The molecule has 0 amide bonds. The summed E-state index contributed by atoms with van der Waals surface area (Å²) in [7, 11) is 0. The van der Waals surface area contributed by atoms with Gasteiger partial charge in [-0.3, -0.25) is 4.90 Å². The normalized spacial score (nSPS) is 33.7. The zero-order chi connectivity index (χ0) is 11.5. The molecule has 0 aromatic heterocycles. The van der Waals surface area contributed by atoms with Gasteiger partial charge in [-0.1, -0.05) is 18.5 Å². The highest BCUT2D eigenvalue weighted by atomic mass is 16.4. The van der Waals surface area contributed by atoms with E-state index in [4.69, 9.17) is 10.9 Å². The molecule has 0 spiro atoms. The second-order valence-corrected chi connectivity index (χ2v) is 5.09. The quantitative estimate of drug-likeness (QED) is 0.333. The van der Waals surface area contributed by atoms with E-state index in [-0.39, 0.29) is 6.04 Å². The molecular weight excluding hydrogens is 202 g/mol. The molecule has 4 heteroatoms. The Bertz CT molecular complexity index is 267. The Labute approximate surface area is 97.5 Å². The zero-order valence-corrected chi connectivity index (χ0v) is 10.1. The van der Waals surface area contributed by atoms with Crippen molar-refractivity contribution in [1.29, 1.82) is 0 Å². The number of hydrogen-bond donors (Lipinski definition) is 2. The number of oxime groups is 1. The van der Waals surface area contributed by atoms with E-state index in [0.29, 0.717) is 11.9 Å². The molecule has 16 heavy (non-hydrogen) atoms. The molecule has 1 saturated heterocycles. The number of nitrogens with two attached hydrogens (primary N) is 1. The van der Waals surface area contributed by atoms with Crippen molar-refractivity contribution in [1.82, 2.24) is 4.90 Å². The Kier molecular flexibility index (Phi) is 3.69. The van der Waals surface area contributed by atoms with Crippen LogP contribution >= 0.6 is 0 Å². The Morgan fingerprint density at radius 1 is 1.44 bits per heavy atom. The summed E-state index contributed by atoms with van der Waals surface area (Å²) in [5.74, 6) is 1.24. The molecule has 92 valence electrons. The van der Waals surface area contributed by atoms with E-state index < -0.39 is 0 Å². The minimum absolute atomic E-state index is 0.135. The van der Waals surface area contributed by atoms with Gasteiger partial charge in [-0.15, -0.1) is 0 Å². The van der Waals surface area contributed by atoms with Crippen molar-refractivity contribution in [2.75, 3.05) is 6.54 Å². The Morgan fingerprint density at radius 3 is 2.88 bits per heavy atom. The first-order valence-corrected chi connectivity index (χ1v) is 6.51. The summed E-state index contributed by atoms with van der Waals surface area (Å²) in [6.45, 7) is 3.22. The fourth-order valence-corrected chi connectivity index (χ4v) is 3.56. The van der Waals surface area contributed by atoms with E-state index in [9.17, 15) is 0 Å². The maximum absolute atomic E-state index is 8.84. The van der Waals surface area contributed by atoms with Gasteiger partial charge in [0.1, 0.15) is 0 Å². The van der Waals surface area contributed by atoms with Crippen molar-refractivity contribution in [3.8, 4) is 0 Å². The van der Waals surface area contributed by atoms with E-state index >= 15 is 0 Å². The molecule has 3 unspecified atom stereocenters. The maximum Gasteiger partial charge on any atom is 0.156 e. The Hall–Kier alpha value is -0.770. The molecule has 2 aliphatic rings. The van der Waals surface area contributed by atoms with Gasteiger partial charge >= 0.3 is 0 Å². The van der Waals surface area contributed by atoms with Crippen LogP contribution < -0.4 is 5.73 Å². The monoisotopic (exact) mass is 225 g/mol. The van der Waals surface area contributed by atoms with Crippen LogP contribution in [0, 0.1) is 5.92 Å². The summed E-state index contributed by atoms with van der Waals surface area (Å²) >= 11 is 0. The third kappa shape index (κ3) is 2.03. The first-order valence-electron chi connectivity index (χ1n) is 6.51. The van der Waals surface area contributed by atoms with Gasteiger partial charge in [0.2, 0.25) is 0 Å². The summed E-state index contributed by atoms with van der Waals surface area (Å²) in [5, 5.41) is 12.0. The van der Waals surface area contributed by atoms with Gasteiger partial charge in [0.15, 0.2) is 5.84 Å². The highest BCUT2D eigenvalue weighted by Crippen LogP contribution is 2.38. The van der Waals surface area contributed by atoms with E-state index in [0.717, 1.165) is 18.9 Å². The lowest BCUT2D eigenvalue weighted by Crippen LogP contribution is -2.53. The van der Waals surface area contributed by atoms with E-state index in [1.165, 1.54) is 32.1 Å². The van der Waals surface area contributed by atoms with Crippen molar-refractivity contribution < 1.29 is 5.21 Å². The molecule has 0 radical (unpaired) electrons. The second-order valence-electron chi connectivity index (χ2n) is 5.09. The van der Waals surface area contributed by atoms with Crippen LogP contribution in [-0.4, -0.2) is 34.6 Å². The molecule has 3 atom stereocenters. The highest BCUT2D eigenvalue weighted by Gasteiger charge is 2.38. The standard InChI is InChI=1S/C12H23N3O/c1-2-10(12(13)14-16)15-8-4-6-9-5-3-7-11(9)15/h9-11,16H,2-8H2,1H3,(H2,13,14). The number of rotatable bonds is 3. The summed E-state index contributed by atoms with van der Waals surface area (Å²) < 4.78 is 0. The van der Waals surface area contributed by atoms with Gasteiger partial charge in [0.25, 0.3) is 0 Å². The molecule has 0 aromatic rings. The zero-order valence-electron chi connectivity index (χ0n) is 10.1. The smallest absolute Gasteiger partial charge is 0.156 e. The summed E-state index contributed by atoms with van der Waals surface area (Å²) in [5.41, 5.74) is 5.80. The Morgan fingerprint density at radius 2 is 2.19 bits per heavy atom. The van der Waals surface area contributed by atoms with Gasteiger partial charge in [0, 0.05) is 6.04 Å². The molecule has 3 N–H and O–H groups in total. The SMILES string of the molecule is CCC(C(N)=NO)N1CCCC2CCCC21. The van der Waals surface area contributed by atoms with Crippen molar-refractivity contribution in [2.24, 2.45) is 16.8 Å². The highest BCUT2D eigenvalue weighted by molar-refractivity contribution is 5.85. The van der Waals surface area contributed by atoms with Crippen LogP contribution in [0.3, 0.4) is 0 Å². The molecule has 0 bridgehead atoms. The van der Waals surface area contributed by atoms with Crippen LogP contribution in [0.2, 0.25) is 0 Å². The number of likely N-dealkylation sites (tertiary alicyclic amines) is 1. The van der Waals surface area contributed by atoms with Gasteiger partial charge < -0.3 is 10.9 Å². The topological polar surface area (TPSA) is 61.9 Å². The number of piperidine rings is 1. The van der Waals surface area contributed by atoms with Crippen LogP contribution in [-0.2, 0) is 0 Å². The van der Waals surface area contributed by atoms with Crippen molar-refractivity contribution in [3.05, 3.63) is 0 Å². The minimum Gasteiger partial charge on any atom is -0.409 e. The second kappa shape index (κ2) is 5.04. The predicted octanol–water partition coefficient (Wildman–Crippen LogP) is 1.78. The lowest BCUT2D eigenvalue weighted by molar-refractivity contribution is 0.0898. The molecule has 1 heterocycles. The predicted molar refractivity (Wildman–Crippen MR) is 64.6 cm³/mol. The fraction of sp³-hybridized carbons (Fsp3) is 0.917. The number of hydrogen-bond acceptors (Lipinski definition) is 3. The van der Waals surface area contributed by atoms with E-state index in [1.807, 2.05) is 0 Å². The lowest BCUT2D eigenvalue weighted by atomic mass is 9.90. The molecule has 1 aliphatic heterocycles. The van der Waals surface area contributed by atoms with Crippen molar-refractivity contribution >= 4 is 5.84 Å². The van der Waals surface area contributed by atoms with Crippen LogP contribution in [0.5, 0.6) is 0 Å². The van der Waals surface area contributed by atoms with Crippen LogP contribution in [0.4, 0.5) is 0 Å². The van der Waals surface area contributed by atoms with Crippen LogP contribution in [0.25, 0.3) is 0 Å². The summed E-state index contributed by atoms with van der Waals surface area (Å²) in [6.07, 6.45) is 7.56. The average Bonchev–Trinajstić information content (AvgIpc) is 2.78. The average molecular weight is 225 g/mol. The third-order valence-electron chi connectivity index (χ3n) is 4.28. The molecule has 4 nitrogen and oxygen atoms in total. The minimum atomic E-state index is 0.135. The fourth-order valence-electron chi connectivity index (χ4n) is 3.56. The third-order valence-corrected chi connectivity index (χ3v) is 4.28. The largest absolute Gasteiger partial charge is 0.409 e. The number of nitrogens with zero attached hydrogens (tertiary/aromatic N) is 2. The lowest BCUT2D eigenvalue weighted by Gasteiger charge is -2.42. The van der Waals surface area contributed by atoms with Crippen LogP contribution in [0.15, 0.2) is 5.16 Å². The van der Waals surface area contributed by atoms with Gasteiger partial charge in [-0.2, -0.15) is 0 Å². The number of fused-ring (bicyclic) bond motifs is 1. The van der Waals surface area contributed by atoms with Crippen molar-refractivity contribution in [3.63, 3.8) is 0 Å². The van der Waals surface area contributed by atoms with E-state index in [1.54, 1.807) is 0 Å². The molecule has 1 saturated carbocycles. The van der Waals surface area contributed by atoms with E-state index in [2.05, 4.69) is 17.0 Å². The van der Waals surface area contributed by atoms with Crippen molar-refractivity contribution in [2.45, 2.75) is 57.5 Å². The molecule has 2 fully saturated rings. The Balaban J connectivity index is 2.11. The van der Waals surface area contributed by atoms with Gasteiger partial charge in [-0.25, -0.2) is 0 Å². The van der Waals surface area contributed by atoms with Gasteiger partial charge in [-0.05, 0) is 44.6 Å². The summed E-state index contributed by atoms with van der Waals surface area (Å²) in [4.78, 5) is 2.48. The molecule has 0 aromatic carbocycles. The molecular formula is C12H23N3O. The summed E-state index contributed by atoms with van der Waals surface area (Å²) in [6, 6.07) is 0.815.